The lowest BCUT2D eigenvalue weighted by atomic mass is 10.1. The summed E-state index contributed by atoms with van der Waals surface area (Å²) < 4.78 is 39.7. The van der Waals surface area contributed by atoms with Crippen LogP contribution in [0, 0.1) is 13.8 Å². The topological polar surface area (TPSA) is 84.7 Å². The number of amides is 2. The lowest BCUT2D eigenvalue weighted by Gasteiger charge is -2.10. The first kappa shape index (κ1) is 20.3. The van der Waals surface area contributed by atoms with E-state index in [1.54, 1.807) is 10.9 Å². The van der Waals surface area contributed by atoms with Gasteiger partial charge in [0.15, 0.2) is 5.65 Å². The van der Waals surface area contributed by atoms with Crippen molar-refractivity contribution in [2.75, 3.05) is 10.6 Å². The van der Waals surface area contributed by atoms with Gasteiger partial charge >= 0.3 is 12.2 Å². The molecule has 7 nitrogen and oxygen atoms in total. The number of fused-ring (bicyclic) bond motifs is 1. The van der Waals surface area contributed by atoms with E-state index >= 15 is 0 Å². The number of hydrogen-bond donors (Lipinski definition) is 2. The molecule has 0 aliphatic rings. The van der Waals surface area contributed by atoms with Gasteiger partial charge in [0.1, 0.15) is 12.1 Å². The van der Waals surface area contributed by atoms with Gasteiger partial charge < -0.3 is 5.32 Å². The highest BCUT2D eigenvalue weighted by molar-refractivity contribution is 6.03. The number of aromatic nitrogens is 4. The second-order valence-corrected chi connectivity index (χ2v) is 6.96. The fraction of sp³-hybridized carbons (Fsp3) is 0.143. The number of aryl methyl sites for hydroxylation is 2. The summed E-state index contributed by atoms with van der Waals surface area (Å²) in [6, 6.07) is 9.42. The van der Waals surface area contributed by atoms with Gasteiger partial charge in [0.2, 0.25) is 0 Å². The maximum absolute atomic E-state index is 12.7. The molecule has 0 unspecified atom stereocenters. The number of anilines is 2. The van der Waals surface area contributed by atoms with E-state index in [4.69, 9.17) is 0 Å². The second kappa shape index (κ2) is 7.71. The monoisotopic (exact) mass is 426 g/mol. The standard InChI is InChI=1S/C21H17F3N6O/c1-12-3-8-17(13(2)9-12)30-19-16(10-27-30)18(25-11-26-19)29-20(31)28-15-6-4-14(5-7-15)21(22,23)24/h3-11H,1-2H3,(H2,25,26,28,29,31). The lowest BCUT2D eigenvalue weighted by molar-refractivity contribution is -0.137. The summed E-state index contributed by atoms with van der Waals surface area (Å²) in [4.78, 5) is 20.7. The third-order valence-corrected chi connectivity index (χ3v) is 4.65. The Morgan fingerprint density at radius 2 is 1.74 bits per heavy atom. The van der Waals surface area contributed by atoms with Gasteiger partial charge in [-0.1, -0.05) is 17.7 Å². The summed E-state index contributed by atoms with van der Waals surface area (Å²) in [6.07, 6.45) is -1.59. The Bertz CT molecular complexity index is 1260. The molecule has 2 aromatic carbocycles. The Balaban J connectivity index is 1.56. The molecule has 0 aliphatic carbocycles. The molecule has 0 saturated carbocycles. The van der Waals surface area contributed by atoms with Gasteiger partial charge in [-0.3, -0.25) is 5.32 Å². The molecule has 0 aliphatic heterocycles. The van der Waals surface area contributed by atoms with Gasteiger partial charge in [-0.2, -0.15) is 18.3 Å². The highest BCUT2D eigenvalue weighted by atomic mass is 19.4. The number of hydrogen-bond acceptors (Lipinski definition) is 4. The predicted octanol–water partition coefficient (Wildman–Crippen LogP) is 5.10. The Morgan fingerprint density at radius 1 is 1.00 bits per heavy atom. The average molecular weight is 426 g/mol. The molecule has 158 valence electrons. The highest BCUT2D eigenvalue weighted by Crippen LogP contribution is 2.30. The number of benzene rings is 2. The zero-order valence-corrected chi connectivity index (χ0v) is 16.5. The number of urea groups is 1. The van der Waals surface area contributed by atoms with Crippen LogP contribution in [0.3, 0.4) is 0 Å². The Labute approximate surface area is 174 Å². The van der Waals surface area contributed by atoms with Crippen LogP contribution in [0.2, 0.25) is 0 Å². The van der Waals surface area contributed by atoms with E-state index in [9.17, 15) is 18.0 Å². The summed E-state index contributed by atoms with van der Waals surface area (Å²) in [7, 11) is 0. The summed E-state index contributed by atoms with van der Waals surface area (Å²) in [6.45, 7) is 3.96. The molecule has 0 fully saturated rings. The fourth-order valence-electron chi connectivity index (χ4n) is 3.18. The molecule has 0 radical (unpaired) electrons. The minimum Gasteiger partial charge on any atom is -0.308 e. The molecule has 0 bridgehead atoms. The summed E-state index contributed by atoms with van der Waals surface area (Å²) in [5, 5.41) is 9.97. The first-order valence-corrected chi connectivity index (χ1v) is 9.24. The van der Waals surface area contributed by atoms with E-state index in [1.165, 1.54) is 18.5 Å². The van der Waals surface area contributed by atoms with Crippen LogP contribution in [0.4, 0.5) is 29.5 Å². The van der Waals surface area contributed by atoms with E-state index in [0.717, 1.165) is 28.9 Å². The van der Waals surface area contributed by atoms with Gasteiger partial charge in [-0.25, -0.2) is 19.4 Å². The van der Waals surface area contributed by atoms with Crippen LogP contribution in [-0.2, 0) is 6.18 Å². The maximum atomic E-state index is 12.7. The average Bonchev–Trinajstić information content (AvgIpc) is 3.13. The number of alkyl halides is 3. The smallest absolute Gasteiger partial charge is 0.308 e. The molecule has 2 amide bonds. The van der Waals surface area contributed by atoms with E-state index in [2.05, 4.69) is 25.7 Å². The molecule has 0 spiro atoms. The molecule has 4 aromatic rings. The molecular formula is C21H17F3N6O. The number of nitrogens with one attached hydrogen (secondary N) is 2. The number of nitrogens with zero attached hydrogens (tertiary/aromatic N) is 4. The van der Waals surface area contributed by atoms with Crippen LogP contribution in [0.15, 0.2) is 55.0 Å². The van der Waals surface area contributed by atoms with Crippen molar-refractivity contribution in [3.63, 3.8) is 0 Å². The van der Waals surface area contributed by atoms with Crippen LogP contribution in [0.25, 0.3) is 16.7 Å². The molecule has 2 aromatic heterocycles. The van der Waals surface area contributed by atoms with Crippen LogP contribution >= 0.6 is 0 Å². The van der Waals surface area contributed by atoms with Crippen molar-refractivity contribution in [3.05, 3.63) is 71.7 Å². The van der Waals surface area contributed by atoms with Gasteiger partial charge in [-0.15, -0.1) is 0 Å². The number of carbonyl (C=O) groups excluding carboxylic acids is 1. The maximum Gasteiger partial charge on any atom is 0.416 e. The summed E-state index contributed by atoms with van der Waals surface area (Å²) in [5.41, 5.74) is 2.90. The van der Waals surface area contributed by atoms with Gasteiger partial charge in [0.25, 0.3) is 0 Å². The molecule has 2 heterocycles. The fourth-order valence-corrected chi connectivity index (χ4v) is 3.18. The normalized spacial score (nSPS) is 11.5. The lowest BCUT2D eigenvalue weighted by Crippen LogP contribution is -2.20. The van der Waals surface area contributed by atoms with Crippen LogP contribution < -0.4 is 10.6 Å². The van der Waals surface area contributed by atoms with E-state index in [0.29, 0.717) is 11.0 Å². The summed E-state index contributed by atoms with van der Waals surface area (Å²) >= 11 is 0. The van der Waals surface area contributed by atoms with Gasteiger partial charge in [0, 0.05) is 5.69 Å². The van der Waals surface area contributed by atoms with Gasteiger partial charge in [-0.05, 0) is 49.7 Å². The zero-order valence-electron chi connectivity index (χ0n) is 16.5. The zero-order chi connectivity index (χ0) is 22.2. The third kappa shape index (κ3) is 4.18. The Morgan fingerprint density at radius 3 is 2.42 bits per heavy atom. The van der Waals surface area contributed by atoms with Crippen molar-refractivity contribution < 1.29 is 18.0 Å². The molecule has 0 atom stereocenters. The van der Waals surface area contributed by atoms with Crippen molar-refractivity contribution in [3.8, 4) is 5.69 Å². The van der Waals surface area contributed by atoms with Crippen LogP contribution in [-0.4, -0.2) is 25.8 Å². The first-order valence-electron chi connectivity index (χ1n) is 9.24. The number of halogens is 3. The number of carbonyl (C=O) groups is 1. The second-order valence-electron chi connectivity index (χ2n) is 6.96. The SMILES string of the molecule is Cc1ccc(-n2ncc3c(NC(=O)Nc4ccc(C(F)(F)F)cc4)ncnc32)c(C)c1. The minimum absolute atomic E-state index is 0.210. The van der Waals surface area contributed by atoms with E-state index in [1.807, 2.05) is 32.0 Å². The van der Waals surface area contributed by atoms with Crippen molar-refractivity contribution in [1.82, 2.24) is 19.7 Å². The van der Waals surface area contributed by atoms with E-state index < -0.39 is 17.8 Å². The number of rotatable bonds is 3. The quantitative estimate of drug-likeness (QED) is 0.478. The van der Waals surface area contributed by atoms with Crippen molar-refractivity contribution in [2.24, 2.45) is 0 Å². The molecule has 10 heteroatoms. The summed E-state index contributed by atoms with van der Waals surface area (Å²) in [5.74, 6) is 0.227. The van der Waals surface area contributed by atoms with Crippen LogP contribution in [0.5, 0.6) is 0 Å². The highest BCUT2D eigenvalue weighted by Gasteiger charge is 2.30. The predicted molar refractivity (Wildman–Crippen MR) is 110 cm³/mol. The third-order valence-electron chi connectivity index (χ3n) is 4.65. The van der Waals surface area contributed by atoms with Crippen molar-refractivity contribution in [1.29, 1.82) is 0 Å². The first-order chi connectivity index (χ1) is 14.7. The molecule has 2 N–H and O–H groups in total. The Kier molecular flexibility index (Phi) is 5.05. The minimum atomic E-state index is -4.44. The van der Waals surface area contributed by atoms with Crippen molar-refractivity contribution >= 4 is 28.6 Å². The molecule has 31 heavy (non-hydrogen) atoms. The molecule has 0 saturated heterocycles. The van der Waals surface area contributed by atoms with Gasteiger partial charge in [0.05, 0.1) is 22.8 Å². The van der Waals surface area contributed by atoms with Crippen LogP contribution in [0.1, 0.15) is 16.7 Å². The van der Waals surface area contributed by atoms with E-state index in [-0.39, 0.29) is 11.5 Å². The van der Waals surface area contributed by atoms with Crippen molar-refractivity contribution in [2.45, 2.75) is 20.0 Å². The largest absolute Gasteiger partial charge is 0.416 e. The Hall–Kier alpha value is -3.95. The molecular weight excluding hydrogens is 409 g/mol. The molecule has 4 rings (SSSR count).